The van der Waals surface area contributed by atoms with Crippen LogP contribution in [0.2, 0.25) is 0 Å². The zero-order chi connectivity index (χ0) is 43.6. The van der Waals surface area contributed by atoms with Gasteiger partial charge < -0.3 is 34.5 Å². The Morgan fingerprint density at radius 3 is 1.93 bits per heavy atom. The highest BCUT2D eigenvalue weighted by Crippen LogP contribution is 2.32. The number of carboxylic acids is 2. The van der Waals surface area contributed by atoms with Gasteiger partial charge >= 0.3 is 18.1 Å². The van der Waals surface area contributed by atoms with E-state index in [1.165, 1.54) is 36.0 Å². The Balaban J connectivity index is 0.000000606. The van der Waals surface area contributed by atoms with Crippen molar-refractivity contribution in [3.05, 3.63) is 129 Å². The van der Waals surface area contributed by atoms with Crippen LogP contribution in [0.25, 0.3) is 11.1 Å². The molecule has 6 rings (SSSR count). The van der Waals surface area contributed by atoms with E-state index >= 15 is 0 Å². The Labute approximate surface area is 347 Å². The van der Waals surface area contributed by atoms with Gasteiger partial charge in [0.2, 0.25) is 0 Å². The first-order chi connectivity index (χ1) is 28.6. The van der Waals surface area contributed by atoms with Gasteiger partial charge in [-0.2, -0.15) is 18.2 Å². The van der Waals surface area contributed by atoms with Gasteiger partial charge in [0.05, 0.1) is 18.7 Å². The van der Waals surface area contributed by atoms with Crippen LogP contribution < -0.4 is 5.56 Å². The van der Waals surface area contributed by atoms with Crippen molar-refractivity contribution in [2.24, 2.45) is 0 Å². The molecule has 0 spiro atoms. The standard InChI is InChI=1S/C38H40F4N6OS.C4H6O6/c1-3-46(4-2)22-6-9-34-44-45-35(48(34)23-26-10-14-28(15-11-26)29-16-18-30(19-17-29)38(40,41)42)24-47-33-8-5-7-32(33)36(49)43-37(47)50-25-27-12-20-31(39)21-13-27;5-1(3(7)8)2(6)4(9)10/h10-21H,3-9,22-25H2,1-2H3;1-2,5-6H,(H,7,8)(H,9,10). The van der Waals surface area contributed by atoms with Gasteiger partial charge in [-0.05, 0) is 91.8 Å². The lowest BCUT2D eigenvalue weighted by Gasteiger charge is -2.19. The number of aliphatic hydroxyl groups excluding tert-OH is 2. The smallest absolute Gasteiger partial charge is 0.416 e. The van der Waals surface area contributed by atoms with Crippen molar-refractivity contribution in [3.63, 3.8) is 0 Å². The number of hydrogen-bond acceptors (Lipinski definition) is 10. The summed E-state index contributed by atoms with van der Waals surface area (Å²) in [5.41, 5.74) is 4.32. The molecular weight excluding hydrogens is 809 g/mol. The van der Waals surface area contributed by atoms with E-state index in [1.807, 2.05) is 24.3 Å². The van der Waals surface area contributed by atoms with Gasteiger partial charge in [-0.3, -0.25) is 4.79 Å². The highest BCUT2D eigenvalue weighted by atomic mass is 32.2. The number of thioether (sulfide) groups is 1. The predicted octanol–water partition coefficient (Wildman–Crippen LogP) is 5.69. The molecule has 4 N–H and O–H groups in total. The minimum atomic E-state index is -4.38. The fourth-order valence-corrected chi connectivity index (χ4v) is 7.66. The second-order valence-corrected chi connectivity index (χ2v) is 15.0. The van der Waals surface area contributed by atoms with Crippen LogP contribution in [0, 0.1) is 5.82 Å². The number of aliphatic hydroxyl groups is 2. The van der Waals surface area contributed by atoms with Gasteiger partial charge in [-0.15, -0.1) is 10.2 Å². The molecule has 1 aliphatic rings. The SMILES string of the molecule is CCN(CC)CCCc1nnc(Cn2c(SCc3ccc(F)cc3)nc(=O)c3c2CCC3)n1Cc1ccc(-c2ccc(C(F)(F)F)cc2)cc1.O=C(O)C(O)C(O)C(=O)O. The molecule has 0 aliphatic heterocycles. The maximum atomic E-state index is 13.5. The van der Waals surface area contributed by atoms with E-state index in [-0.39, 0.29) is 11.4 Å². The first kappa shape index (κ1) is 45.7. The van der Waals surface area contributed by atoms with Gasteiger partial charge in [-0.1, -0.05) is 74.1 Å². The average molecular weight is 855 g/mol. The van der Waals surface area contributed by atoms with Crippen LogP contribution >= 0.6 is 11.8 Å². The molecule has 0 fully saturated rings. The molecule has 13 nitrogen and oxygen atoms in total. The zero-order valence-corrected chi connectivity index (χ0v) is 33.8. The number of aryl methyl sites for hydroxylation is 1. The summed E-state index contributed by atoms with van der Waals surface area (Å²) in [4.78, 5) is 39.5. The Kier molecular flexibility index (Phi) is 15.7. The molecule has 320 valence electrons. The van der Waals surface area contributed by atoms with Gasteiger partial charge in [0.1, 0.15) is 11.6 Å². The Morgan fingerprint density at radius 2 is 1.37 bits per heavy atom. The molecule has 0 saturated carbocycles. The molecule has 60 heavy (non-hydrogen) atoms. The molecule has 2 aromatic heterocycles. The number of alkyl halides is 3. The van der Waals surface area contributed by atoms with Crippen LogP contribution in [0.3, 0.4) is 0 Å². The third kappa shape index (κ3) is 11.9. The van der Waals surface area contributed by atoms with Crippen molar-refractivity contribution in [1.82, 2.24) is 29.2 Å². The normalized spacial score (nSPS) is 13.4. The number of fused-ring (bicyclic) bond motifs is 1. The maximum absolute atomic E-state index is 13.5. The second kappa shape index (κ2) is 20.7. The lowest BCUT2D eigenvalue weighted by atomic mass is 10.0. The molecule has 0 saturated heterocycles. The fourth-order valence-electron chi connectivity index (χ4n) is 6.69. The van der Waals surface area contributed by atoms with E-state index < -0.39 is 35.9 Å². The van der Waals surface area contributed by atoms with Gasteiger partial charge in [0, 0.05) is 23.4 Å². The van der Waals surface area contributed by atoms with Crippen molar-refractivity contribution >= 4 is 23.7 Å². The molecule has 0 bridgehead atoms. The van der Waals surface area contributed by atoms with Crippen molar-refractivity contribution in [3.8, 4) is 11.1 Å². The monoisotopic (exact) mass is 854 g/mol. The van der Waals surface area contributed by atoms with E-state index in [4.69, 9.17) is 20.4 Å². The van der Waals surface area contributed by atoms with Crippen LogP contribution in [0.1, 0.15) is 66.3 Å². The van der Waals surface area contributed by atoms with E-state index in [0.29, 0.717) is 36.0 Å². The Morgan fingerprint density at radius 1 is 0.800 bits per heavy atom. The molecule has 0 amide bonds. The third-order valence-electron chi connectivity index (χ3n) is 10.1. The number of halogens is 4. The average Bonchev–Trinajstić information content (AvgIpc) is 3.88. The summed E-state index contributed by atoms with van der Waals surface area (Å²) in [6.07, 6.45) is -4.91. The molecule has 1 aliphatic carbocycles. The maximum Gasteiger partial charge on any atom is 0.416 e. The van der Waals surface area contributed by atoms with Crippen molar-refractivity contribution in [2.75, 3.05) is 19.6 Å². The predicted molar refractivity (Wildman–Crippen MR) is 215 cm³/mol. The second-order valence-electron chi connectivity index (χ2n) is 14.1. The lowest BCUT2D eigenvalue weighted by Crippen LogP contribution is -2.39. The first-order valence-corrected chi connectivity index (χ1v) is 20.3. The fraction of sp³-hybridized carbons (Fsp3) is 0.381. The van der Waals surface area contributed by atoms with Crippen LogP contribution in [0.4, 0.5) is 17.6 Å². The molecule has 3 aromatic carbocycles. The van der Waals surface area contributed by atoms with Crippen LogP contribution in [0.5, 0.6) is 0 Å². The number of rotatable bonds is 17. The summed E-state index contributed by atoms with van der Waals surface area (Å²) in [5, 5.41) is 42.5. The van der Waals surface area contributed by atoms with E-state index in [9.17, 15) is 31.9 Å². The molecule has 18 heteroatoms. The van der Waals surface area contributed by atoms with Crippen LogP contribution in [-0.2, 0) is 53.9 Å². The Hall–Kier alpha value is -5.43. The number of hydrogen-bond donors (Lipinski definition) is 4. The number of aromatic nitrogens is 5. The highest BCUT2D eigenvalue weighted by molar-refractivity contribution is 7.98. The van der Waals surface area contributed by atoms with Crippen LogP contribution in [0.15, 0.2) is 82.7 Å². The summed E-state index contributed by atoms with van der Waals surface area (Å²) < 4.78 is 57.1. The summed E-state index contributed by atoms with van der Waals surface area (Å²) in [7, 11) is 0. The van der Waals surface area contributed by atoms with E-state index in [1.54, 1.807) is 12.1 Å². The van der Waals surface area contributed by atoms with Crippen molar-refractivity contribution < 1.29 is 47.6 Å². The van der Waals surface area contributed by atoms with Crippen molar-refractivity contribution in [1.29, 1.82) is 0 Å². The molecule has 2 atom stereocenters. The molecule has 0 radical (unpaired) electrons. The minimum Gasteiger partial charge on any atom is -0.479 e. The number of benzene rings is 3. The molecular formula is C42H46F4N6O7S. The van der Waals surface area contributed by atoms with E-state index in [0.717, 1.165) is 97.0 Å². The number of carboxylic acid groups (broad SMARTS) is 2. The molecule has 2 heterocycles. The largest absolute Gasteiger partial charge is 0.479 e. The molecule has 5 aromatic rings. The minimum absolute atomic E-state index is 0.193. The topological polar surface area (TPSA) is 184 Å². The van der Waals surface area contributed by atoms with Gasteiger partial charge in [-0.25, -0.2) is 14.0 Å². The summed E-state index contributed by atoms with van der Waals surface area (Å²) in [6, 6.07) is 19.3. The van der Waals surface area contributed by atoms with E-state index in [2.05, 4.69) is 43.1 Å². The van der Waals surface area contributed by atoms with Gasteiger partial charge in [0.15, 0.2) is 23.2 Å². The van der Waals surface area contributed by atoms with Gasteiger partial charge in [0.25, 0.3) is 5.56 Å². The number of aliphatic carboxylic acids is 2. The summed E-state index contributed by atoms with van der Waals surface area (Å²) in [6.45, 7) is 8.09. The van der Waals surface area contributed by atoms with Crippen molar-refractivity contribution in [2.45, 2.75) is 88.3 Å². The number of nitrogens with zero attached hydrogens (tertiary/aromatic N) is 6. The quantitative estimate of drug-likeness (QED) is 0.0510. The Bertz CT molecular complexity index is 2260. The van der Waals surface area contributed by atoms with Crippen LogP contribution in [-0.4, -0.2) is 93.4 Å². The third-order valence-corrected chi connectivity index (χ3v) is 11.1. The molecule has 2 unspecified atom stereocenters. The summed E-state index contributed by atoms with van der Waals surface area (Å²) >= 11 is 1.45. The highest BCUT2D eigenvalue weighted by Gasteiger charge is 2.31. The number of carbonyl (C=O) groups is 2. The lowest BCUT2D eigenvalue weighted by molar-refractivity contribution is -0.165. The first-order valence-electron chi connectivity index (χ1n) is 19.3. The zero-order valence-electron chi connectivity index (χ0n) is 33.0. The summed E-state index contributed by atoms with van der Waals surface area (Å²) in [5.74, 6) is -1.69.